The molecule has 2 fully saturated rings. The number of rotatable bonds is 6. The quantitative estimate of drug-likeness (QED) is 0.433. The summed E-state index contributed by atoms with van der Waals surface area (Å²) < 4.78 is 10.9. The van der Waals surface area contributed by atoms with Crippen LogP contribution >= 0.6 is 23.8 Å². The number of hydrogen-bond donors (Lipinski definition) is 1. The Bertz CT molecular complexity index is 788. The molecule has 0 aromatic heterocycles. The molecule has 1 amide bonds. The molecule has 7 heteroatoms. The molecular formula is C20H23ClN2O3S. The number of ether oxygens (including phenoxy) is 2. The molecule has 1 heterocycles. The third-order valence-electron chi connectivity index (χ3n) is 4.76. The topological polar surface area (TPSA) is 50.8 Å². The van der Waals surface area contributed by atoms with Crippen LogP contribution in [0.5, 0.6) is 11.5 Å². The predicted molar refractivity (Wildman–Crippen MR) is 111 cm³/mol. The maximum Gasteiger partial charge on any atom is 0.276 e. The Morgan fingerprint density at radius 2 is 2.11 bits per heavy atom. The van der Waals surface area contributed by atoms with Gasteiger partial charge >= 0.3 is 0 Å². The van der Waals surface area contributed by atoms with Gasteiger partial charge in [0.25, 0.3) is 5.91 Å². The second kappa shape index (κ2) is 8.76. The Hall–Kier alpha value is -2.05. The zero-order valence-electron chi connectivity index (χ0n) is 15.3. The van der Waals surface area contributed by atoms with Gasteiger partial charge in [0.15, 0.2) is 16.6 Å². The summed E-state index contributed by atoms with van der Waals surface area (Å²) in [6.07, 6.45) is 8.85. The van der Waals surface area contributed by atoms with Gasteiger partial charge in [0.1, 0.15) is 12.3 Å². The SMILES string of the molecule is C=CCOc1c(Cl)cc(/C=C2\NC(=S)N(C3CCCCC3)C2=O)cc1OC. The molecular weight excluding hydrogens is 384 g/mol. The van der Waals surface area contributed by atoms with Crippen LogP contribution < -0.4 is 14.8 Å². The molecule has 1 aromatic rings. The molecule has 5 nitrogen and oxygen atoms in total. The summed E-state index contributed by atoms with van der Waals surface area (Å²) in [7, 11) is 1.54. The van der Waals surface area contributed by atoms with Gasteiger partial charge in [-0.1, -0.05) is 43.5 Å². The first-order valence-electron chi connectivity index (χ1n) is 9.02. The normalized spacial score (nSPS) is 19.3. The summed E-state index contributed by atoms with van der Waals surface area (Å²) in [4.78, 5) is 14.6. The fraction of sp³-hybridized carbons (Fsp3) is 0.400. The second-order valence-electron chi connectivity index (χ2n) is 6.59. The highest BCUT2D eigenvalue weighted by Gasteiger charge is 2.36. The number of amides is 1. The summed E-state index contributed by atoms with van der Waals surface area (Å²) in [5, 5.41) is 3.92. The highest BCUT2D eigenvalue weighted by molar-refractivity contribution is 7.80. The van der Waals surface area contributed by atoms with E-state index in [4.69, 9.17) is 33.3 Å². The van der Waals surface area contributed by atoms with E-state index >= 15 is 0 Å². The van der Waals surface area contributed by atoms with Crippen molar-refractivity contribution in [3.63, 3.8) is 0 Å². The maximum atomic E-state index is 12.9. The van der Waals surface area contributed by atoms with Crippen molar-refractivity contribution < 1.29 is 14.3 Å². The fourth-order valence-electron chi connectivity index (χ4n) is 3.49. The van der Waals surface area contributed by atoms with Gasteiger partial charge < -0.3 is 14.8 Å². The van der Waals surface area contributed by atoms with E-state index in [0.717, 1.165) is 31.2 Å². The van der Waals surface area contributed by atoms with E-state index in [1.807, 2.05) is 0 Å². The monoisotopic (exact) mass is 406 g/mol. The highest BCUT2D eigenvalue weighted by Crippen LogP contribution is 2.37. The Morgan fingerprint density at radius 3 is 2.78 bits per heavy atom. The van der Waals surface area contributed by atoms with E-state index in [1.54, 1.807) is 36.3 Å². The second-order valence-corrected chi connectivity index (χ2v) is 7.38. The van der Waals surface area contributed by atoms with Crippen molar-refractivity contribution in [3.05, 3.63) is 41.1 Å². The number of thiocarbonyl (C=S) groups is 1. The number of benzene rings is 1. The zero-order chi connectivity index (χ0) is 19.4. The van der Waals surface area contributed by atoms with Gasteiger partial charge in [-0.3, -0.25) is 9.69 Å². The van der Waals surface area contributed by atoms with Crippen LogP contribution in [0, 0.1) is 0 Å². The van der Waals surface area contributed by atoms with E-state index in [-0.39, 0.29) is 11.9 Å². The van der Waals surface area contributed by atoms with Crippen molar-refractivity contribution in [2.45, 2.75) is 38.1 Å². The molecule has 3 rings (SSSR count). The number of methoxy groups -OCH3 is 1. The average molecular weight is 407 g/mol. The zero-order valence-corrected chi connectivity index (χ0v) is 16.9. The van der Waals surface area contributed by atoms with Crippen molar-refractivity contribution in [1.29, 1.82) is 0 Å². The number of nitrogens with zero attached hydrogens (tertiary/aromatic N) is 1. The molecule has 1 saturated carbocycles. The molecule has 0 atom stereocenters. The largest absolute Gasteiger partial charge is 0.493 e. The first-order chi connectivity index (χ1) is 13.0. The minimum Gasteiger partial charge on any atom is -0.493 e. The summed E-state index contributed by atoms with van der Waals surface area (Å²) in [5.74, 6) is 0.855. The van der Waals surface area contributed by atoms with Gasteiger partial charge in [-0.2, -0.15) is 0 Å². The smallest absolute Gasteiger partial charge is 0.276 e. The highest BCUT2D eigenvalue weighted by atomic mass is 35.5. The molecule has 2 aliphatic rings. The number of hydrogen-bond acceptors (Lipinski definition) is 4. The summed E-state index contributed by atoms with van der Waals surface area (Å²) >= 11 is 11.7. The predicted octanol–water partition coefficient (Wildman–Crippen LogP) is 4.30. The van der Waals surface area contributed by atoms with Crippen LogP contribution in [0.25, 0.3) is 6.08 Å². The standard InChI is InChI=1S/C20H23ClN2O3S/c1-3-9-26-18-15(21)10-13(12-17(18)25-2)11-16-19(24)23(20(27)22-16)14-7-5-4-6-8-14/h3,10-12,14H,1,4-9H2,2H3,(H,22,27)/b16-11-. The van der Waals surface area contributed by atoms with Crippen LogP contribution in [-0.4, -0.2) is 35.7 Å². The lowest BCUT2D eigenvalue weighted by Gasteiger charge is -2.29. The molecule has 144 valence electrons. The van der Waals surface area contributed by atoms with Crippen LogP contribution in [-0.2, 0) is 4.79 Å². The first-order valence-corrected chi connectivity index (χ1v) is 9.81. The molecule has 1 N–H and O–H groups in total. The lowest BCUT2D eigenvalue weighted by molar-refractivity contribution is -0.124. The van der Waals surface area contributed by atoms with Gasteiger partial charge in [0.2, 0.25) is 0 Å². The minimum absolute atomic E-state index is 0.0889. The first kappa shape index (κ1) is 19.7. The van der Waals surface area contributed by atoms with Crippen molar-refractivity contribution in [3.8, 4) is 11.5 Å². The number of carbonyl (C=O) groups is 1. The van der Waals surface area contributed by atoms with Crippen LogP contribution in [0.15, 0.2) is 30.5 Å². The molecule has 0 bridgehead atoms. The van der Waals surface area contributed by atoms with Crippen molar-refractivity contribution in [2.75, 3.05) is 13.7 Å². The van der Waals surface area contributed by atoms with Gasteiger partial charge in [-0.25, -0.2) is 0 Å². The van der Waals surface area contributed by atoms with Crippen LogP contribution in [0.1, 0.15) is 37.7 Å². The molecule has 0 radical (unpaired) electrons. The van der Waals surface area contributed by atoms with E-state index in [1.165, 1.54) is 6.42 Å². The van der Waals surface area contributed by atoms with Gasteiger partial charge in [0.05, 0.1) is 12.1 Å². The minimum atomic E-state index is -0.0889. The fourth-order valence-corrected chi connectivity index (χ4v) is 4.11. The molecule has 1 aliphatic carbocycles. The van der Waals surface area contributed by atoms with Crippen LogP contribution in [0.2, 0.25) is 5.02 Å². The van der Waals surface area contributed by atoms with Crippen LogP contribution in [0.3, 0.4) is 0 Å². The Labute approximate surface area is 170 Å². The summed E-state index contributed by atoms with van der Waals surface area (Å²) in [6, 6.07) is 3.69. The molecule has 1 saturated heterocycles. The van der Waals surface area contributed by atoms with E-state index < -0.39 is 0 Å². The van der Waals surface area contributed by atoms with Crippen LogP contribution in [0.4, 0.5) is 0 Å². The van der Waals surface area contributed by atoms with Crippen molar-refractivity contribution >= 4 is 40.9 Å². The van der Waals surface area contributed by atoms with Crippen molar-refractivity contribution in [2.24, 2.45) is 0 Å². The summed E-state index contributed by atoms with van der Waals surface area (Å²) in [5.41, 5.74) is 1.18. The van der Waals surface area contributed by atoms with E-state index in [2.05, 4.69) is 11.9 Å². The number of carbonyl (C=O) groups excluding carboxylic acids is 1. The average Bonchev–Trinajstić information content (AvgIpc) is 2.94. The maximum absolute atomic E-state index is 12.9. The Balaban J connectivity index is 1.85. The molecule has 0 unspecified atom stereocenters. The summed E-state index contributed by atoms with van der Waals surface area (Å²) in [6.45, 7) is 3.95. The van der Waals surface area contributed by atoms with Gasteiger partial charge in [-0.05, 0) is 48.8 Å². The van der Waals surface area contributed by atoms with E-state index in [9.17, 15) is 4.79 Å². The van der Waals surface area contributed by atoms with Crippen molar-refractivity contribution in [1.82, 2.24) is 10.2 Å². The molecule has 0 spiro atoms. The molecule has 27 heavy (non-hydrogen) atoms. The third-order valence-corrected chi connectivity index (χ3v) is 5.34. The number of halogens is 1. The Kier molecular flexibility index (Phi) is 6.39. The molecule has 1 aromatic carbocycles. The van der Waals surface area contributed by atoms with E-state index in [0.29, 0.717) is 33.9 Å². The third kappa shape index (κ3) is 4.28. The number of nitrogens with one attached hydrogen (secondary N) is 1. The van der Waals surface area contributed by atoms with Gasteiger partial charge in [0, 0.05) is 6.04 Å². The Morgan fingerprint density at radius 1 is 1.37 bits per heavy atom. The lowest BCUT2D eigenvalue weighted by Crippen LogP contribution is -2.41. The van der Waals surface area contributed by atoms with Gasteiger partial charge in [-0.15, -0.1) is 0 Å². The molecule has 1 aliphatic heterocycles. The lowest BCUT2D eigenvalue weighted by atomic mass is 9.94.